The van der Waals surface area contributed by atoms with Gasteiger partial charge in [0.1, 0.15) is 6.10 Å². The summed E-state index contributed by atoms with van der Waals surface area (Å²) in [6.07, 6.45) is 9.18. The van der Waals surface area contributed by atoms with Crippen molar-refractivity contribution in [2.45, 2.75) is 91.1 Å². The predicted octanol–water partition coefficient (Wildman–Crippen LogP) is 4.81. The van der Waals surface area contributed by atoms with Crippen molar-refractivity contribution in [1.29, 1.82) is 0 Å². The number of hydrogen-bond acceptors (Lipinski definition) is 3. The molecule has 0 aromatic heterocycles. The van der Waals surface area contributed by atoms with E-state index >= 15 is 0 Å². The smallest absolute Gasteiger partial charge is 0.309 e. The van der Waals surface area contributed by atoms with E-state index in [1.807, 2.05) is 0 Å². The molecule has 0 heterocycles. The van der Waals surface area contributed by atoms with Gasteiger partial charge in [-0.15, -0.1) is 0 Å². The van der Waals surface area contributed by atoms with Gasteiger partial charge in [0.25, 0.3) is 0 Å². The van der Waals surface area contributed by atoms with Crippen LogP contribution in [-0.4, -0.2) is 23.1 Å². The molecule has 0 aromatic carbocycles. The van der Waals surface area contributed by atoms with Gasteiger partial charge in [0.15, 0.2) is 0 Å². The first-order valence-electron chi connectivity index (χ1n) is 9.37. The van der Waals surface area contributed by atoms with Crippen LogP contribution in [0.4, 0.5) is 0 Å². The summed E-state index contributed by atoms with van der Waals surface area (Å²) in [6, 6.07) is 0. The van der Waals surface area contributed by atoms with Crippen LogP contribution in [0.15, 0.2) is 0 Å². The van der Waals surface area contributed by atoms with Gasteiger partial charge in [0, 0.05) is 0 Å². The van der Waals surface area contributed by atoms with E-state index in [0.29, 0.717) is 25.7 Å². The number of hydrogen-bond donors (Lipinski definition) is 1. The van der Waals surface area contributed by atoms with E-state index < -0.39 is 5.97 Å². The van der Waals surface area contributed by atoms with Crippen molar-refractivity contribution in [2.75, 3.05) is 0 Å². The highest BCUT2D eigenvalue weighted by Crippen LogP contribution is 2.30. The Labute approximate surface area is 141 Å². The van der Waals surface area contributed by atoms with Crippen LogP contribution >= 0.6 is 0 Å². The fourth-order valence-electron chi connectivity index (χ4n) is 3.28. The fourth-order valence-corrected chi connectivity index (χ4v) is 3.28. The van der Waals surface area contributed by atoms with Crippen molar-refractivity contribution < 1.29 is 19.4 Å². The summed E-state index contributed by atoms with van der Waals surface area (Å²) >= 11 is 0. The Hall–Kier alpha value is -1.06. The van der Waals surface area contributed by atoms with Gasteiger partial charge in [-0.05, 0) is 50.9 Å². The number of carboxylic acid groups (broad SMARTS) is 1. The SMILES string of the molecule is CCC(CCCCCC(C)C)OC(=O)C1CCC(C(=O)O)CC1. The number of aliphatic carboxylic acids is 1. The lowest BCUT2D eigenvalue weighted by atomic mass is 9.82. The highest BCUT2D eigenvalue weighted by molar-refractivity contribution is 5.74. The minimum atomic E-state index is -0.732. The maximum Gasteiger partial charge on any atom is 0.309 e. The zero-order chi connectivity index (χ0) is 17.2. The van der Waals surface area contributed by atoms with Crippen LogP contribution in [0.1, 0.15) is 85.0 Å². The molecule has 0 aromatic rings. The van der Waals surface area contributed by atoms with Gasteiger partial charge in [-0.3, -0.25) is 9.59 Å². The highest BCUT2D eigenvalue weighted by Gasteiger charge is 2.31. The number of esters is 1. The first-order valence-corrected chi connectivity index (χ1v) is 9.37. The summed E-state index contributed by atoms with van der Waals surface area (Å²) in [5.41, 5.74) is 0. The molecule has 0 spiro atoms. The Kier molecular flexibility index (Phi) is 9.27. The third-order valence-electron chi connectivity index (χ3n) is 4.96. The maximum absolute atomic E-state index is 12.3. The molecule has 1 unspecified atom stereocenters. The van der Waals surface area contributed by atoms with Crippen LogP contribution in [0.2, 0.25) is 0 Å². The molecule has 1 saturated carbocycles. The quantitative estimate of drug-likeness (QED) is 0.462. The van der Waals surface area contributed by atoms with E-state index in [1.54, 1.807) is 0 Å². The molecular formula is C19H34O4. The van der Waals surface area contributed by atoms with Gasteiger partial charge in [0.05, 0.1) is 11.8 Å². The monoisotopic (exact) mass is 326 g/mol. The predicted molar refractivity (Wildman–Crippen MR) is 91.2 cm³/mol. The van der Waals surface area contributed by atoms with Crippen molar-refractivity contribution in [3.05, 3.63) is 0 Å². The zero-order valence-corrected chi connectivity index (χ0v) is 15.1. The molecule has 1 aliphatic rings. The molecule has 23 heavy (non-hydrogen) atoms. The lowest BCUT2D eigenvalue weighted by Crippen LogP contribution is -2.29. The van der Waals surface area contributed by atoms with E-state index in [2.05, 4.69) is 20.8 Å². The van der Waals surface area contributed by atoms with Crippen molar-refractivity contribution in [3.63, 3.8) is 0 Å². The molecule has 4 heteroatoms. The van der Waals surface area contributed by atoms with Crippen molar-refractivity contribution in [3.8, 4) is 0 Å². The molecule has 0 bridgehead atoms. The van der Waals surface area contributed by atoms with Crippen LogP contribution in [-0.2, 0) is 14.3 Å². The average molecular weight is 326 g/mol. The molecule has 1 aliphatic carbocycles. The minimum Gasteiger partial charge on any atom is -0.481 e. The molecule has 1 rings (SSSR count). The van der Waals surface area contributed by atoms with Gasteiger partial charge >= 0.3 is 11.9 Å². The maximum atomic E-state index is 12.3. The van der Waals surface area contributed by atoms with Crippen molar-refractivity contribution in [1.82, 2.24) is 0 Å². The van der Waals surface area contributed by atoms with Gasteiger partial charge in [-0.2, -0.15) is 0 Å². The molecule has 134 valence electrons. The first-order chi connectivity index (χ1) is 10.9. The molecule has 0 saturated heterocycles. The molecular weight excluding hydrogens is 292 g/mol. The number of carbonyl (C=O) groups excluding carboxylic acids is 1. The number of rotatable bonds is 10. The van der Waals surface area contributed by atoms with Gasteiger partial charge in [-0.25, -0.2) is 0 Å². The van der Waals surface area contributed by atoms with E-state index in [0.717, 1.165) is 25.2 Å². The lowest BCUT2D eigenvalue weighted by Gasteiger charge is -2.26. The first kappa shape index (κ1) is 20.0. The van der Waals surface area contributed by atoms with Gasteiger partial charge < -0.3 is 9.84 Å². The summed E-state index contributed by atoms with van der Waals surface area (Å²) in [4.78, 5) is 23.2. The second-order valence-electron chi connectivity index (χ2n) is 7.39. The topological polar surface area (TPSA) is 63.6 Å². The molecule has 1 N–H and O–H groups in total. The molecule has 4 nitrogen and oxygen atoms in total. The van der Waals surface area contributed by atoms with E-state index in [4.69, 9.17) is 9.84 Å². The van der Waals surface area contributed by atoms with E-state index in [1.165, 1.54) is 19.3 Å². The number of ether oxygens (including phenoxy) is 1. The Balaban J connectivity index is 2.24. The minimum absolute atomic E-state index is 0.0266. The second-order valence-corrected chi connectivity index (χ2v) is 7.39. The summed E-state index contributed by atoms with van der Waals surface area (Å²) in [5.74, 6) is -0.453. The van der Waals surface area contributed by atoms with Gasteiger partial charge in [-0.1, -0.05) is 40.0 Å². The Morgan fingerprint density at radius 2 is 1.57 bits per heavy atom. The average Bonchev–Trinajstić information content (AvgIpc) is 2.53. The summed E-state index contributed by atoms with van der Waals surface area (Å²) in [6.45, 7) is 6.55. The lowest BCUT2D eigenvalue weighted by molar-refractivity contribution is -0.157. The van der Waals surface area contributed by atoms with Crippen LogP contribution in [0.5, 0.6) is 0 Å². The van der Waals surface area contributed by atoms with E-state index in [9.17, 15) is 9.59 Å². The molecule has 1 atom stereocenters. The number of carbonyl (C=O) groups is 2. The van der Waals surface area contributed by atoms with Crippen LogP contribution in [0, 0.1) is 17.8 Å². The third-order valence-corrected chi connectivity index (χ3v) is 4.96. The molecule has 0 aliphatic heterocycles. The fraction of sp³-hybridized carbons (Fsp3) is 0.895. The Morgan fingerprint density at radius 1 is 1.00 bits per heavy atom. The Bertz CT molecular complexity index is 356. The Morgan fingerprint density at radius 3 is 2.09 bits per heavy atom. The summed E-state index contributed by atoms with van der Waals surface area (Å²) < 4.78 is 5.68. The standard InChI is InChI=1S/C19H34O4/c1-4-17(9-7-5-6-8-14(2)3)23-19(22)16-12-10-15(11-13-16)18(20)21/h14-17H,4-13H2,1-3H3,(H,20,21). The van der Waals surface area contributed by atoms with Crippen LogP contribution < -0.4 is 0 Å². The van der Waals surface area contributed by atoms with Crippen LogP contribution in [0.25, 0.3) is 0 Å². The molecule has 0 radical (unpaired) electrons. The summed E-state index contributed by atoms with van der Waals surface area (Å²) in [7, 11) is 0. The highest BCUT2D eigenvalue weighted by atomic mass is 16.5. The summed E-state index contributed by atoms with van der Waals surface area (Å²) in [5, 5.41) is 9.01. The molecule has 1 fully saturated rings. The number of unbranched alkanes of at least 4 members (excludes halogenated alkanes) is 2. The molecule has 0 amide bonds. The normalized spacial score (nSPS) is 22.8. The van der Waals surface area contributed by atoms with Crippen LogP contribution in [0.3, 0.4) is 0 Å². The van der Waals surface area contributed by atoms with E-state index in [-0.39, 0.29) is 23.9 Å². The van der Waals surface area contributed by atoms with Gasteiger partial charge in [0.2, 0.25) is 0 Å². The largest absolute Gasteiger partial charge is 0.481 e. The number of carboxylic acids is 1. The second kappa shape index (κ2) is 10.7. The third kappa shape index (κ3) is 7.85. The van der Waals surface area contributed by atoms with Crippen molar-refractivity contribution in [2.24, 2.45) is 17.8 Å². The zero-order valence-electron chi connectivity index (χ0n) is 15.1. The van der Waals surface area contributed by atoms with Crippen molar-refractivity contribution >= 4 is 11.9 Å².